The van der Waals surface area contributed by atoms with Gasteiger partial charge in [-0.1, -0.05) is 32.1 Å². The molecule has 5 rings (SSSR count). The highest BCUT2D eigenvalue weighted by Gasteiger charge is 2.35. The minimum absolute atomic E-state index is 0.623. The molecule has 3 aliphatic rings. The van der Waals surface area contributed by atoms with Crippen LogP contribution in [0.4, 0.5) is 0 Å². The van der Waals surface area contributed by atoms with Gasteiger partial charge in [0.05, 0.1) is 11.2 Å². The van der Waals surface area contributed by atoms with Crippen LogP contribution in [0, 0.1) is 17.8 Å². The van der Waals surface area contributed by atoms with Crippen molar-refractivity contribution in [1.82, 2.24) is 9.55 Å². The van der Waals surface area contributed by atoms with Crippen molar-refractivity contribution in [2.75, 3.05) is 0 Å². The molecule has 25 heavy (non-hydrogen) atoms. The molecule has 2 heteroatoms. The summed E-state index contributed by atoms with van der Waals surface area (Å²) in [5, 5.41) is 1.39. The molecule has 0 spiro atoms. The summed E-state index contributed by atoms with van der Waals surface area (Å²) in [6.07, 6.45) is 19.2. The lowest BCUT2D eigenvalue weighted by atomic mass is 9.75. The number of fused-ring (bicyclic) bond motifs is 5. The van der Waals surface area contributed by atoms with Crippen LogP contribution in [0.3, 0.4) is 0 Å². The van der Waals surface area contributed by atoms with Crippen molar-refractivity contribution < 1.29 is 0 Å². The van der Waals surface area contributed by atoms with Crippen LogP contribution in [-0.4, -0.2) is 9.55 Å². The fourth-order valence-corrected chi connectivity index (χ4v) is 5.67. The number of hydrogen-bond acceptors (Lipinski definition) is 1. The summed E-state index contributed by atoms with van der Waals surface area (Å²) in [5.74, 6) is 2.39. The Morgan fingerprint density at radius 1 is 1.28 bits per heavy atom. The summed E-state index contributed by atoms with van der Waals surface area (Å²) in [6, 6.07) is 2.87. The molecule has 0 radical (unpaired) electrons. The van der Waals surface area contributed by atoms with E-state index < -0.39 is 0 Å². The predicted octanol–water partition coefficient (Wildman–Crippen LogP) is 5.94. The maximum atomic E-state index is 4.44. The smallest absolute Gasteiger partial charge is 0.0524 e. The average Bonchev–Trinajstić information content (AvgIpc) is 2.85. The van der Waals surface area contributed by atoms with E-state index in [1.54, 1.807) is 0 Å². The fourth-order valence-electron chi connectivity index (χ4n) is 5.67. The largest absolute Gasteiger partial charge is 0.336 e. The fraction of sp³-hybridized carbons (Fsp3) is 0.522. The van der Waals surface area contributed by atoms with Crippen LogP contribution in [0.2, 0.25) is 0 Å². The average molecular weight is 332 g/mol. The third kappa shape index (κ3) is 2.41. The molecule has 0 aromatic carbocycles. The van der Waals surface area contributed by atoms with Crippen molar-refractivity contribution in [2.24, 2.45) is 17.8 Å². The number of aryl methyl sites for hydroxylation is 1. The second-order valence-corrected chi connectivity index (χ2v) is 8.69. The SMILES string of the molecule is CC(C)CC1CCC2C(C=CC3=CCCc4c3n2c2ccncc42)C1. The van der Waals surface area contributed by atoms with E-state index in [9.17, 15) is 0 Å². The van der Waals surface area contributed by atoms with Gasteiger partial charge in [-0.05, 0) is 73.5 Å². The first kappa shape index (κ1) is 15.4. The topological polar surface area (TPSA) is 17.8 Å². The first-order valence-corrected chi connectivity index (χ1v) is 10.1. The van der Waals surface area contributed by atoms with Crippen LogP contribution >= 0.6 is 0 Å². The number of nitrogens with zero attached hydrogens (tertiary/aromatic N) is 2. The molecule has 3 unspecified atom stereocenters. The molecule has 2 aromatic heterocycles. The zero-order chi connectivity index (χ0) is 17.0. The van der Waals surface area contributed by atoms with Gasteiger partial charge < -0.3 is 4.57 Å². The molecule has 3 atom stereocenters. The summed E-state index contributed by atoms with van der Waals surface area (Å²) in [5.41, 5.74) is 5.90. The lowest BCUT2D eigenvalue weighted by molar-refractivity contribution is 0.201. The first-order valence-electron chi connectivity index (χ1n) is 10.1. The van der Waals surface area contributed by atoms with Gasteiger partial charge in [0.1, 0.15) is 0 Å². The maximum absolute atomic E-state index is 4.44. The van der Waals surface area contributed by atoms with Gasteiger partial charge in [0.25, 0.3) is 0 Å². The molecular formula is C23H28N2. The van der Waals surface area contributed by atoms with Gasteiger partial charge in [-0.3, -0.25) is 4.98 Å². The molecule has 0 amide bonds. The number of rotatable bonds is 2. The highest BCUT2D eigenvalue weighted by atomic mass is 15.0. The van der Waals surface area contributed by atoms with Gasteiger partial charge >= 0.3 is 0 Å². The van der Waals surface area contributed by atoms with Crippen LogP contribution in [0.1, 0.15) is 63.3 Å². The lowest BCUT2D eigenvalue weighted by Gasteiger charge is -2.37. The van der Waals surface area contributed by atoms with Gasteiger partial charge in [-0.2, -0.15) is 0 Å². The molecule has 1 aliphatic heterocycles. The molecule has 0 saturated heterocycles. The minimum atomic E-state index is 0.623. The Morgan fingerprint density at radius 3 is 3.08 bits per heavy atom. The zero-order valence-electron chi connectivity index (χ0n) is 15.4. The Bertz CT molecular complexity index is 868. The monoisotopic (exact) mass is 332 g/mol. The van der Waals surface area contributed by atoms with Gasteiger partial charge in [-0.25, -0.2) is 0 Å². The maximum Gasteiger partial charge on any atom is 0.0524 e. The van der Waals surface area contributed by atoms with E-state index in [4.69, 9.17) is 0 Å². The molecule has 0 N–H and O–H groups in total. The van der Waals surface area contributed by atoms with Crippen molar-refractivity contribution in [2.45, 2.75) is 58.4 Å². The van der Waals surface area contributed by atoms with Crippen molar-refractivity contribution in [1.29, 1.82) is 0 Å². The summed E-state index contributed by atoms with van der Waals surface area (Å²) >= 11 is 0. The first-order chi connectivity index (χ1) is 12.2. The van der Waals surface area contributed by atoms with Crippen LogP contribution < -0.4 is 0 Å². The molecule has 2 aliphatic carbocycles. The number of hydrogen-bond donors (Lipinski definition) is 0. The molecule has 2 nitrogen and oxygen atoms in total. The van der Waals surface area contributed by atoms with Crippen molar-refractivity contribution in [3.63, 3.8) is 0 Å². The molecule has 2 aromatic rings. The number of pyridine rings is 1. The standard InChI is InChI=1S/C23H28N2/c1-15(2)12-16-6-9-21-18(13-16)8-7-17-4-3-5-19-20-14-24-11-10-22(20)25(21)23(17)19/h4,7-8,10-11,14-16,18,21H,3,5-6,9,12-13H2,1-2H3. The Hall–Kier alpha value is -1.83. The Kier molecular flexibility index (Phi) is 3.62. The van der Waals surface area contributed by atoms with E-state index >= 15 is 0 Å². The molecule has 1 saturated carbocycles. The van der Waals surface area contributed by atoms with E-state index in [1.165, 1.54) is 53.4 Å². The molecular weight excluding hydrogens is 304 g/mol. The summed E-state index contributed by atoms with van der Waals surface area (Å²) in [7, 11) is 0. The molecule has 0 bridgehead atoms. The van der Waals surface area contributed by atoms with E-state index in [0.717, 1.165) is 24.7 Å². The third-order valence-corrected chi connectivity index (χ3v) is 6.57. The van der Waals surface area contributed by atoms with Gasteiger partial charge in [-0.15, -0.1) is 0 Å². The zero-order valence-corrected chi connectivity index (χ0v) is 15.4. The van der Waals surface area contributed by atoms with Crippen LogP contribution in [-0.2, 0) is 6.42 Å². The molecule has 130 valence electrons. The normalized spacial score (nSPS) is 27.8. The van der Waals surface area contributed by atoms with Gasteiger partial charge in [0.15, 0.2) is 0 Å². The van der Waals surface area contributed by atoms with Crippen LogP contribution in [0.25, 0.3) is 16.5 Å². The molecule has 3 heterocycles. The summed E-state index contributed by atoms with van der Waals surface area (Å²) in [4.78, 5) is 4.44. The third-order valence-electron chi connectivity index (χ3n) is 6.57. The Labute approximate surface area is 150 Å². The van der Waals surface area contributed by atoms with Crippen molar-refractivity contribution >= 4 is 16.5 Å². The van der Waals surface area contributed by atoms with Crippen molar-refractivity contribution in [3.05, 3.63) is 47.9 Å². The number of allylic oxidation sites excluding steroid dienone is 4. The summed E-state index contributed by atoms with van der Waals surface area (Å²) < 4.78 is 2.70. The minimum Gasteiger partial charge on any atom is -0.336 e. The highest BCUT2D eigenvalue weighted by Crippen LogP contribution is 2.48. The number of aromatic nitrogens is 2. The second kappa shape index (κ2) is 5.86. The highest BCUT2D eigenvalue weighted by molar-refractivity contribution is 5.92. The Balaban J connectivity index is 1.64. The lowest BCUT2D eigenvalue weighted by Crippen LogP contribution is -2.27. The Morgan fingerprint density at radius 2 is 2.20 bits per heavy atom. The quantitative estimate of drug-likeness (QED) is 0.665. The predicted molar refractivity (Wildman–Crippen MR) is 104 cm³/mol. The van der Waals surface area contributed by atoms with Crippen LogP contribution in [0.5, 0.6) is 0 Å². The van der Waals surface area contributed by atoms with E-state index in [2.05, 4.69) is 53.9 Å². The van der Waals surface area contributed by atoms with Crippen molar-refractivity contribution in [3.8, 4) is 0 Å². The van der Waals surface area contributed by atoms with Gasteiger partial charge in [0, 0.05) is 23.8 Å². The van der Waals surface area contributed by atoms with E-state index in [0.29, 0.717) is 12.0 Å². The van der Waals surface area contributed by atoms with Gasteiger partial charge in [0.2, 0.25) is 0 Å². The van der Waals surface area contributed by atoms with Crippen LogP contribution in [0.15, 0.2) is 36.7 Å². The van der Waals surface area contributed by atoms with E-state index in [-0.39, 0.29) is 0 Å². The molecule has 1 fully saturated rings. The second-order valence-electron chi connectivity index (χ2n) is 8.69. The van der Waals surface area contributed by atoms with E-state index in [1.807, 2.05) is 6.20 Å². The summed E-state index contributed by atoms with van der Waals surface area (Å²) in [6.45, 7) is 4.74.